The molecule has 4 rings (SSSR count). The van der Waals surface area contributed by atoms with Crippen molar-refractivity contribution in [2.24, 2.45) is 5.92 Å². The van der Waals surface area contributed by atoms with Crippen molar-refractivity contribution in [3.63, 3.8) is 0 Å². The van der Waals surface area contributed by atoms with Crippen LogP contribution in [0.15, 0.2) is 24.3 Å². The van der Waals surface area contributed by atoms with Gasteiger partial charge in [0.1, 0.15) is 5.75 Å². The SMILES string of the molecule is C1CC2CC1O2.CCCCC[C@H](CN(O)C=O)C(=O)NNC(=O)c1ccccc1OC. The smallest absolute Gasteiger partial charge is 0.273 e. The fraction of sp³-hybridized carbons (Fsp3) is 0.591. The van der Waals surface area contributed by atoms with Crippen LogP contribution in [0.2, 0.25) is 0 Å². The molecule has 3 N–H and O–H groups in total. The number of nitrogens with one attached hydrogen (secondary N) is 2. The lowest BCUT2D eigenvalue weighted by atomic mass is 10.0. The maximum Gasteiger partial charge on any atom is 0.273 e. The number of benzene rings is 1. The number of rotatable bonds is 10. The number of hydrogen-bond donors (Lipinski definition) is 3. The second-order valence-corrected chi connectivity index (χ2v) is 7.76. The molecular formula is C22H33N3O6. The normalized spacial score (nSPS) is 19.2. The molecule has 1 aliphatic carbocycles. The van der Waals surface area contributed by atoms with Gasteiger partial charge < -0.3 is 9.47 Å². The second kappa shape index (κ2) is 12.9. The summed E-state index contributed by atoms with van der Waals surface area (Å²) >= 11 is 0. The average Bonchev–Trinajstić information content (AvgIpc) is 3.43. The van der Waals surface area contributed by atoms with E-state index in [2.05, 4.69) is 10.9 Å². The zero-order chi connectivity index (χ0) is 22.6. The Bertz CT molecular complexity index is 709. The highest BCUT2D eigenvalue weighted by Gasteiger charge is 2.36. The Balaban J connectivity index is 0.000000474. The molecule has 2 saturated heterocycles. The molecular weight excluding hydrogens is 402 g/mol. The molecule has 9 nitrogen and oxygen atoms in total. The van der Waals surface area contributed by atoms with Crippen LogP contribution in [0.25, 0.3) is 0 Å². The molecule has 0 radical (unpaired) electrons. The van der Waals surface area contributed by atoms with Gasteiger partial charge >= 0.3 is 0 Å². The average molecular weight is 436 g/mol. The van der Waals surface area contributed by atoms with E-state index in [0.29, 0.717) is 29.4 Å². The van der Waals surface area contributed by atoms with Crippen molar-refractivity contribution < 1.29 is 29.1 Å². The van der Waals surface area contributed by atoms with Gasteiger partial charge in [-0.05, 0) is 37.8 Å². The predicted octanol–water partition coefficient (Wildman–Crippen LogP) is 2.44. The van der Waals surface area contributed by atoms with Crippen molar-refractivity contribution in [2.45, 2.75) is 64.1 Å². The van der Waals surface area contributed by atoms with Gasteiger partial charge in [0.05, 0.1) is 37.3 Å². The lowest BCUT2D eigenvalue weighted by Gasteiger charge is -2.23. The predicted molar refractivity (Wildman–Crippen MR) is 113 cm³/mol. The fourth-order valence-electron chi connectivity index (χ4n) is 3.63. The molecule has 0 spiro atoms. The Morgan fingerprint density at radius 1 is 1.26 bits per heavy atom. The van der Waals surface area contributed by atoms with Gasteiger partial charge in [0.2, 0.25) is 12.3 Å². The number of amides is 3. The third-order valence-electron chi connectivity index (χ3n) is 5.43. The number of ether oxygens (including phenoxy) is 2. The topological polar surface area (TPSA) is 117 Å². The number of hydrogen-bond acceptors (Lipinski definition) is 6. The zero-order valence-corrected chi connectivity index (χ0v) is 18.2. The van der Waals surface area contributed by atoms with Crippen LogP contribution >= 0.6 is 0 Å². The zero-order valence-electron chi connectivity index (χ0n) is 18.2. The van der Waals surface area contributed by atoms with Crippen LogP contribution in [-0.2, 0) is 14.3 Å². The van der Waals surface area contributed by atoms with Crippen molar-refractivity contribution in [1.29, 1.82) is 0 Å². The van der Waals surface area contributed by atoms with E-state index in [1.54, 1.807) is 24.3 Å². The summed E-state index contributed by atoms with van der Waals surface area (Å²) in [7, 11) is 1.45. The monoisotopic (exact) mass is 435 g/mol. The molecule has 2 aliphatic heterocycles. The number of methoxy groups -OCH3 is 1. The molecule has 1 aromatic rings. The third kappa shape index (κ3) is 7.84. The maximum absolute atomic E-state index is 12.3. The maximum atomic E-state index is 12.3. The van der Waals surface area contributed by atoms with Crippen LogP contribution in [0.5, 0.6) is 5.75 Å². The first kappa shape index (κ1) is 24.6. The molecule has 9 heteroatoms. The molecule has 3 fully saturated rings. The molecule has 2 bridgehead atoms. The number of carbonyl (C=O) groups is 3. The van der Waals surface area contributed by atoms with Crippen molar-refractivity contribution in [2.75, 3.05) is 13.7 Å². The lowest BCUT2D eigenvalue weighted by Crippen LogP contribution is -2.46. The highest BCUT2D eigenvalue weighted by Crippen LogP contribution is 2.36. The van der Waals surface area contributed by atoms with Crippen molar-refractivity contribution >= 4 is 18.2 Å². The summed E-state index contributed by atoms with van der Waals surface area (Å²) < 4.78 is 10.4. The summed E-state index contributed by atoms with van der Waals surface area (Å²) in [6.07, 6.45) is 8.85. The van der Waals surface area contributed by atoms with E-state index in [4.69, 9.17) is 9.47 Å². The Morgan fingerprint density at radius 3 is 2.48 bits per heavy atom. The Morgan fingerprint density at radius 2 is 1.94 bits per heavy atom. The van der Waals surface area contributed by atoms with E-state index in [1.165, 1.54) is 26.4 Å². The van der Waals surface area contributed by atoms with Crippen LogP contribution in [0.1, 0.15) is 62.2 Å². The molecule has 3 aliphatic rings. The summed E-state index contributed by atoms with van der Waals surface area (Å²) in [4.78, 5) is 35.0. The Hall–Kier alpha value is -2.65. The number of unbranched alkanes of at least 4 members (excludes halogenated alkanes) is 2. The quantitative estimate of drug-likeness (QED) is 0.225. The first-order valence-corrected chi connectivity index (χ1v) is 10.8. The molecule has 0 aromatic heterocycles. The summed E-state index contributed by atoms with van der Waals surface area (Å²) in [5.41, 5.74) is 4.95. The van der Waals surface area contributed by atoms with Gasteiger partial charge in [-0.2, -0.15) is 0 Å². The largest absolute Gasteiger partial charge is 0.496 e. The van der Waals surface area contributed by atoms with Gasteiger partial charge in [0.25, 0.3) is 5.91 Å². The first-order valence-electron chi connectivity index (χ1n) is 10.8. The minimum absolute atomic E-state index is 0.135. The summed E-state index contributed by atoms with van der Waals surface area (Å²) in [5.74, 6) is -1.23. The third-order valence-corrected chi connectivity index (χ3v) is 5.43. The summed E-state index contributed by atoms with van der Waals surface area (Å²) in [5, 5.41) is 9.77. The summed E-state index contributed by atoms with van der Waals surface area (Å²) in [6, 6.07) is 6.62. The fourth-order valence-corrected chi connectivity index (χ4v) is 3.63. The molecule has 1 saturated carbocycles. The summed E-state index contributed by atoms with van der Waals surface area (Å²) in [6.45, 7) is 1.90. The van der Waals surface area contributed by atoms with Crippen molar-refractivity contribution in [1.82, 2.24) is 15.9 Å². The van der Waals surface area contributed by atoms with E-state index in [-0.39, 0.29) is 18.5 Å². The number of fused-ring (bicyclic) bond motifs is 1. The number of hydroxylamine groups is 2. The molecule has 3 atom stereocenters. The van der Waals surface area contributed by atoms with Crippen LogP contribution in [0, 0.1) is 5.92 Å². The molecule has 172 valence electrons. The van der Waals surface area contributed by atoms with E-state index >= 15 is 0 Å². The van der Waals surface area contributed by atoms with Gasteiger partial charge in [-0.25, -0.2) is 5.06 Å². The van der Waals surface area contributed by atoms with Crippen LogP contribution in [0.3, 0.4) is 0 Å². The number of hydrazine groups is 1. The Labute approximate surface area is 183 Å². The van der Waals surface area contributed by atoms with E-state index in [1.807, 2.05) is 6.92 Å². The number of nitrogens with zero attached hydrogens (tertiary/aromatic N) is 1. The van der Waals surface area contributed by atoms with Crippen molar-refractivity contribution in [3.05, 3.63) is 29.8 Å². The minimum Gasteiger partial charge on any atom is -0.496 e. The van der Waals surface area contributed by atoms with E-state index in [9.17, 15) is 19.6 Å². The second-order valence-electron chi connectivity index (χ2n) is 7.76. The van der Waals surface area contributed by atoms with Gasteiger partial charge in [0, 0.05) is 0 Å². The Kier molecular flexibility index (Phi) is 10.3. The number of para-hydroxylation sites is 1. The molecule has 2 unspecified atom stereocenters. The highest BCUT2D eigenvalue weighted by atomic mass is 16.5. The van der Waals surface area contributed by atoms with Gasteiger partial charge in [-0.1, -0.05) is 38.3 Å². The van der Waals surface area contributed by atoms with Crippen LogP contribution in [-0.4, -0.2) is 54.4 Å². The number of carbonyl (C=O) groups excluding carboxylic acids is 3. The van der Waals surface area contributed by atoms with E-state index < -0.39 is 17.7 Å². The van der Waals surface area contributed by atoms with E-state index in [0.717, 1.165) is 19.3 Å². The minimum atomic E-state index is -0.625. The molecule has 3 amide bonds. The first-order chi connectivity index (χ1) is 15.0. The molecule has 2 heterocycles. The van der Waals surface area contributed by atoms with Gasteiger partial charge in [-0.15, -0.1) is 0 Å². The highest BCUT2D eigenvalue weighted by molar-refractivity contribution is 5.98. The molecule has 1 aromatic carbocycles. The van der Waals surface area contributed by atoms with Gasteiger partial charge in [-0.3, -0.25) is 30.4 Å². The van der Waals surface area contributed by atoms with Gasteiger partial charge in [0.15, 0.2) is 0 Å². The van der Waals surface area contributed by atoms with Crippen LogP contribution < -0.4 is 15.6 Å². The van der Waals surface area contributed by atoms with Crippen molar-refractivity contribution in [3.8, 4) is 5.75 Å². The van der Waals surface area contributed by atoms with Crippen LogP contribution in [0.4, 0.5) is 0 Å². The molecule has 31 heavy (non-hydrogen) atoms. The lowest BCUT2D eigenvalue weighted by molar-refractivity contribution is -0.154. The standard InChI is InChI=1S/C17H25N3O5.C5H8O/c1-3-4-5-8-13(11-20(24)12-21)16(22)18-19-17(23)14-9-6-7-10-15(14)25-2;1-2-5-3-4(1)6-5/h6-7,9-10,12-13,24H,3-5,8,11H2,1-2H3,(H,18,22)(H,19,23);4-5H,1-3H2/t13-;/m1./s1.